The number of hydrogen-bond acceptors (Lipinski definition) is 3. The van der Waals surface area contributed by atoms with Gasteiger partial charge in [-0.1, -0.05) is 42.5 Å². The Kier molecular flexibility index (Phi) is 5.29. The first-order valence-corrected chi connectivity index (χ1v) is 11.2. The summed E-state index contributed by atoms with van der Waals surface area (Å²) in [7, 11) is -4.01. The molecule has 148 valence electrons. The topological polar surface area (TPSA) is 73.7 Å². The summed E-state index contributed by atoms with van der Waals surface area (Å²) in [6, 6.07) is 21.6. The van der Waals surface area contributed by atoms with Crippen LogP contribution in [0, 0.1) is 17.1 Å². The number of nitrogens with one attached hydrogen (secondary N) is 1. The molecule has 0 unspecified atom stereocenters. The summed E-state index contributed by atoms with van der Waals surface area (Å²) in [6.45, 7) is 0. The van der Waals surface area contributed by atoms with Crippen LogP contribution in [0.3, 0.4) is 0 Å². The molecule has 0 amide bonds. The molecule has 0 bridgehead atoms. The normalized spacial score (nSPS) is 12.1. The van der Waals surface area contributed by atoms with E-state index in [1.54, 1.807) is 30.3 Å². The van der Waals surface area contributed by atoms with Gasteiger partial charge in [-0.15, -0.1) is 0 Å². The Balaban J connectivity index is 1.98. The van der Waals surface area contributed by atoms with Crippen molar-refractivity contribution in [1.29, 1.82) is 5.26 Å². The molecule has 30 heavy (non-hydrogen) atoms. The number of halogens is 2. The molecule has 4 rings (SSSR count). The SMILES string of the molecule is N#C/C(=C\c1c(-c2ccc(Br)c(F)c2)[nH]c2ccccc12)S(=O)(=O)c1ccccc1. The highest BCUT2D eigenvalue weighted by molar-refractivity contribution is 9.10. The van der Waals surface area contributed by atoms with Crippen molar-refractivity contribution in [3.8, 4) is 17.3 Å². The molecule has 0 aliphatic rings. The lowest BCUT2D eigenvalue weighted by Crippen LogP contribution is -2.03. The molecular formula is C23H14BrFN2O2S. The van der Waals surface area contributed by atoms with Crippen LogP contribution in [0.1, 0.15) is 5.56 Å². The van der Waals surface area contributed by atoms with Crippen LogP contribution in [0.15, 0.2) is 87.1 Å². The Morgan fingerprint density at radius 3 is 2.43 bits per heavy atom. The lowest BCUT2D eigenvalue weighted by Gasteiger charge is -2.06. The van der Waals surface area contributed by atoms with Gasteiger partial charge in [-0.2, -0.15) is 5.26 Å². The fourth-order valence-corrected chi connectivity index (χ4v) is 4.63. The number of benzene rings is 3. The van der Waals surface area contributed by atoms with Gasteiger partial charge in [0.05, 0.1) is 15.1 Å². The quantitative estimate of drug-likeness (QED) is 0.360. The molecule has 4 nitrogen and oxygen atoms in total. The third-order valence-corrected chi connectivity index (χ3v) is 7.01. The lowest BCUT2D eigenvalue weighted by atomic mass is 10.0. The van der Waals surface area contributed by atoms with Crippen LogP contribution in [-0.2, 0) is 9.84 Å². The van der Waals surface area contributed by atoms with E-state index < -0.39 is 20.6 Å². The van der Waals surface area contributed by atoms with Crippen molar-refractivity contribution in [3.05, 3.63) is 93.6 Å². The zero-order valence-corrected chi connectivity index (χ0v) is 17.8. The van der Waals surface area contributed by atoms with Gasteiger partial charge < -0.3 is 4.98 Å². The fourth-order valence-electron chi connectivity index (χ4n) is 3.22. The number of nitrogens with zero attached hydrogens (tertiary/aromatic N) is 1. The third-order valence-electron chi connectivity index (χ3n) is 4.68. The summed E-state index contributed by atoms with van der Waals surface area (Å²) in [4.78, 5) is 2.86. The zero-order chi connectivity index (χ0) is 21.3. The van der Waals surface area contributed by atoms with Crippen LogP contribution in [0.4, 0.5) is 4.39 Å². The Hall–Kier alpha value is -3.21. The minimum Gasteiger partial charge on any atom is -0.354 e. The molecule has 0 spiro atoms. The van der Waals surface area contributed by atoms with Crippen molar-refractivity contribution in [3.63, 3.8) is 0 Å². The Bertz CT molecular complexity index is 1440. The second-order valence-electron chi connectivity index (χ2n) is 6.53. The van der Waals surface area contributed by atoms with E-state index in [9.17, 15) is 18.1 Å². The van der Waals surface area contributed by atoms with Crippen molar-refractivity contribution >= 4 is 42.7 Å². The monoisotopic (exact) mass is 480 g/mol. The molecule has 0 atom stereocenters. The van der Waals surface area contributed by atoms with Gasteiger partial charge in [-0.3, -0.25) is 0 Å². The number of H-pyrrole nitrogens is 1. The molecule has 0 saturated heterocycles. The molecule has 0 saturated carbocycles. The molecule has 0 aliphatic carbocycles. The largest absolute Gasteiger partial charge is 0.354 e. The van der Waals surface area contributed by atoms with E-state index in [4.69, 9.17) is 0 Å². The molecule has 1 heterocycles. The number of fused-ring (bicyclic) bond motifs is 1. The maximum absolute atomic E-state index is 14.2. The minimum atomic E-state index is -4.01. The highest BCUT2D eigenvalue weighted by Gasteiger charge is 2.22. The van der Waals surface area contributed by atoms with Crippen LogP contribution >= 0.6 is 15.9 Å². The Morgan fingerprint density at radius 2 is 1.73 bits per heavy atom. The first-order chi connectivity index (χ1) is 14.4. The summed E-state index contributed by atoms with van der Waals surface area (Å²) in [5, 5.41) is 10.4. The average Bonchev–Trinajstić information content (AvgIpc) is 3.13. The molecule has 3 aromatic carbocycles. The summed E-state index contributed by atoms with van der Waals surface area (Å²) in [5.74, 6) is -0.446. The van der Waals surface area contributed by atoms with Crippen molar-refractivity contribution in [1.82, 2.24) is 4.98 Å². The highest BCUT2D eigenvalue weighted by Crippen LogP contribution is 2.34. The zero-order valence-electron chi connectivity index (χ0n) is 15.4. The van der Waals surface area contributed by atoms with E-state index >= 15 is 0 Å². The minimum absolute atomic E-state index is 0.0360. The highest BCUT2D eigenvalue weighted by atomic mass is 79.9. The summed E-state index contributed by atoms with van der Waals surface area (Å²) in [5.41, 5.74) is 2.31. The molecule has 7 heteroatoms. The Labute approximate surface area is 181 Å². The van der Waals surface area contributed by atoms with Gasteiger partial charge in [0.15, 0.2) is 0 Å². The summed E-state index contributed by atoms with van der Waals surface area (Å²) < 4.78 is 40.5. The van der Waals surface area contributed by atoms with Gasteiger partial charge in [-0.05, 0) is 52.3 Å². The standard InChI is InChI=1S/C23H14BrFN2O2S/c24-20-11-10-15(12-21(20)25)23-19(18-8-4-5-9-22(18)27-23)13-17(14-26)30(28,29)16-6-2-1-3-7-16/h1-13,27H/b17-13+. The van der Waals surface area contributed by atoms with E-state index in [0.29, 0.717) is 21.3 Å². The Morgan fingerprint density at radius 1 is 1.03 bits per heavy atom. The van der Waals surface area contributed by atoms with Crippen LogP contribution in [0.2, 0.25) is 0 Å². The van der Waals surface area contributed by atoms with Crippen LogP contribution in [0.25, 0.3) is 28.2 Å². The van der Waals surface area contributed by atoms with Crippen LogP contribution in [-0.4, -0.2) is 13.4 Å². The predicted molar refractivity (Wildman–Crippen MR) is 119 cm³/mol. The van der Waals surface area contributed by atoms with E-state index in [1.165, 1.54) is 24.3 Å². The molecule has 0 aliphatic heterocycles. The predicted octanol–water partition coefficient (Wildman–Crippen LogP) is 6.07. The van der Waals surface area contributed by atoms with Gasteiger partial charge in [-0.25, -0.2) is 12.8 Å². The van der Waals surface area contributed by atoms with E-state index in [-0.39, 0.29) is 4.90 Å². The molecular weight excluding hydrogens is 467 g/mol. The number of nitriles is 1. The van der Waals surface area contributed by atoms with E-state index in [1.807, 2.05) is 30.3 Å². The second kappa shape index (κ2) is 7.90. The number of sulfone groups is 1. The maximum atomic E-state index is 14.2. The van der Waals surface area contributed by atoms with Crippen LogP contribution in [0.5, 0.6) is 0 Å². The van der Waals surface area contributed by atoms with Crippen LogP contribution < -0.4 is 0 Å². The molecule has 0 fully saturated rings. The van der Waals surface area contributed by atoms with Gasteiger partial charge in [0, 0.05) is 22.0 Å². The maximum Gasteiger partial charge on any atom is 0.216 e. The van der Waals surface area contributed by atoms with Gasteiger partial charge in [0.1, 0.15) is 16.8 Å². The first kappa shape index (κ1) is 20.1. The lowest BCUT2D eigenvalue weighted by molar-refractivity contribution is 0.603. The number of aromatic nitrogens is 1. The molecule has 4 aromatic rings. The molecule has 0 radical (unpaired) electrons. The van der Waals surface area contributed by atoms with Crippen molar-refractivity contribution in [2.75, 3.05) is 0 Å². The van der Waals surface area contributed by atoms with Crippen molar-refractivity contribution in [2.24, 2.45) is 0 Å². The number of aromatic amines is 1. The summed E-state index contributed by atoms with van der Waals surface area (Å²) >= 11 is 3.14. The summed E-state index contributed by atoms with van der Waals surface area (Å²) in [6.07, 6.45) is 1.34. The number of hydrogen-bond donors (Lipinski definition) is 1. The first-order valence-electron chi connectivity index (χ1n) is 8.90. The van der Waals surface area contributed by atoms with E-state index in [0.717, 1.165) is 10.9 Å². The van der Waals surface area contributed by atoms with Gasteiger partial charge in [0.2, 0.25) is 9.84 Å². The molecule has 1 N–H and O–H groups in total. The number of rotatable bonds is 4. The number of para-hydroxylation sites is 1. The fraction of sp³-hybridized carbons (Fsp3) is 0. The third kappa shape index (κ3) is 3.56. The average molecular weight is 481 g/mol. The van der Waals surface area contributed by atoms with Crippen molar-refractivity contribution in [2.45, 2.75) is 4.90 Å². The van der Waals surface area contributed by atoms with Gasteiger partial charge >= 0.3 is 0 Å². The molecule has 1 aromatic heterocycles. The number of allylic oxidation sites excluding steroid dienone is 1. The van der Waals surface area contributed by atoms with E-state index in [2.05, 4.69) is 20.9 Å². The van der Waals surface area contributed by atoms with Crippen molar-refractivity contribution < 1.29 is 12.8 Å². The van der Waals surface area contributed by atoms with Gasteiger partial charge in [0.25, 0.3) is 0 Å². The second-order valence-corrected chi connectivity index (χ2v) is 9.30. The smallest absolute Gasteiger partial charge is 0.216 e.